The van der Waals surface area contributed by atoms with Gasteiger partial charge in [0.1, 0.15) is 5.54 Å². The lowest BCUT2D eigenvalue weighted by molar-refractivity contribution is -0.178. The molecule has 0 aromatic rings. The largest absolute Gasteiger partial charge is 0.378 e. The number of carbonyl (C=O) groups is 1. The summed E-state index contributed by atoms with van der Waals surface area (Å²) in [7, 11) is 0. The molecule has 20 heavy (non-hydrogen) atoms. The zero-order valence-electron chi connectivity index (χ0n) is 13.1. The maximum atomic E-state index is 12.7. The first-order chi connectivity index (χ1) is 8.86. The highest BCUT2D eigenvalue weighted by atomic mass is 35.5. The molecule has 2 N–H and O–H groups in total. The van der Waals surface area contributed by atoms with E-state index >= 15 is 0 Å². The predicted octanol–water partition coefficient (Wildman–Crippen LogP) is 2.20. The minimum absolute atomic E-state index is 0. The van der Waals surface area contributed by atoms with Crippen LogP contribution >= 0.6 is 12.4 Å². The van der Waals surface area contributed by atoms with Crippen LogP contribution in [0, 0.1) is 11.3 Å². The van der Waals surface area contributed by atoms with E-state index < -0.39 is 5.54 Å². The number of rotatable bonds is 4. The minimum atomic E-state index is -0.741. The molecule has 5 heteroatoms. The molecule has 3 atom stereocenters. The summed E-state index contributed by atoms with van der Waals surface area (Å²) in [6.07, 6.45) is 3.02. The number of halogens is 1. The maximum Gasteiger partial charge on any atom is 0.243 e. The molecule has 0 aromatic carbocycles. The van der Waals surface area contributed by atoms with Gasteiger partial charge in [0.25, 0.3) is 0 Å². The lowest BCUT2D eigenvalue weighted by Gasteiger charge is -2.58. The quantitative estimate of drug-likeness (QED) is 0.866. The Morgan fingerprint density at radius 1 is 1.40 bits per heavy atom. The van der Waals surface area contributed by atoms with Crippen molar-refractivity contribution >= 4 is 18.3 Å². The van der Waals surface area contributed by atoms with Crippen molar-refractivity contribution in [3.63, 3.8) is 0 Å². The summed E-state index contributed by atoms with van der Waals surface area (Å²) < 4.78 is 5.69. The smallest absolute Gasteiger partial charge is 0.243 e. The average molecular weight is 305 g/mol. The van der Waals surface area contributed by atoms with E-state index in [-0.39, 0.29) is 29.8 Å². The Hall–Kier alpha value is -0.320. The number of hydrogen-bond donors (Lipinski definition) is 1. The predicted molar refractivity (Wildman–Crippen MR) is 83.0 cm³/mol. The van der Waals surface area contributed by atoms with Gasteiger partial charge in [-0.1, -0.05) is 27.2 Å². The number of nitrogens with zero attached hydrogens (tertiary/aromatic N) is 1. The third kappa shape index (κ3) is 2.58. The SMILES string of the molecule is CCOC1CC(N)(C(=O)N2CCC(CC)C2)C1(C)C.Cl. The molecule has 1 aliphatic heterocycles. The second kappa shape index (κ2) is 6.20. The van der Waals surface area contributed by atoms with Gasteiger partial charge in [-0.2, -0.15) is 0 Å². The average Bonchev–Trinajstić information content (AvgIpc) is 2.86. The normalized spacial score (nSPS) is 35.4. The molecule has 3 unspecified atom stereocenters. The first kappa shape index (κ1) is 17.7. The molecular formula is C15H29ClN2O2. The summed E-state index contributed by atoms with van der Waals surface area (Å²) in [5, 5.41) is 0. The van der Waals surface area contributed by atoms with E-state index in [1.54, 1.807) is 0 Å². The molecule has 0 radical (unpaired) electrons. The Morgan fingerprint density at radius 2 is 2.05 bits per heavy atom. The molecule has 4 nitrogen and oxygen atoms in total. The summed E-state index contributed by atoms with van der Waals surface area (Å²) in [5.41, 5.74) is 5.43. The van der Waals surface area contributed by atoms with E-state index in [1.165, 1.54) is 0 Å². The van der Waals surface area contributed by atoms with Crippen LogP contribution < -0.4 is 5.73 Å². The Kier molecular flexibility index (Phi) is 5.50. The van der Waals surface area contributed by atoms with Gasteiger partial charge in [0.05, 0.1) is 6.10 Å². The Labute approximate surface area is 128 Å². The monoisotopic (exact) mass is 304 g/mol. The second-order valence-electron chi connectivity index (χ2n) is 6.66. The van der Waals surface area contributed by atoms with E-state index in [2.05, 4.69) is 20.8 Å². The number of amides is 1. The molecule has 2 fully saturated rings. The van der Waals surface area contributed by atoms with E-state index in [1.807, 2.05) is 11.8 Å². The first-order valence-electron chi connectivity index (χ1n) is 7.56. The van der Waals surface area contributed by atoms with Gasteiger partial charge in [-0.15, -0.1) is 12.4 Å². The fourth-order valence-corrected chi connectivity index (χ4v) is 3.43. The van der Waals surface area contributed by atoms with Gasteiger partial charge in [-0.3, -0.25) is 4.79 Å². The van der Waals surface area contributed by atoms with Gasteiger partial charge in [0, 0.05) is 31.5 Å². The van der Waals surface area contributed by atoms with Crippen molar-refractivity contribution < 1.29 is 9.53 Å². The van der Waals surface area contributed by atoms with Crippen molar-refractivity contribution in [1.29, 1.82) is 0 Å². The fraction of sp³-hybridized carbons (Fsp3) is 0.933. The van der Waals surface area contributed by atoms with Gasteiger partial charge in [0.2, 0.25) is 5.91 Å². The van der Waals surface area contributed by atoms with Gasteiger partial charge >= 0.3 is 0 Å². The molecular weight excluding hydrogens is 276 g/mol. The molecule has 1 aliphatic carbocycles. The van der Waals surface area contributed by atoms with Gasteiger partial charge in [-0.25, -0.2) is 0 Å². The standard InChI is InChI=1S/C15H28N2O2.ClH/c1-5-11-7-8-17(10-11)13(18)15(16)9-12(19-6-2)14(15,3)4;/h11-12H,5-10,16H2,1-4H3;1H. The minimum Gasteiger partial charge on any atom is -0.378 e. The summed E-state index contributed by atoms with van der Waals surface area (Å²) in [6, 6.07) is 0. The Balaban J connectivity index is 0.00000200. The molecule has 118 valence electrons. The van der Waals surface area contributed by atoms with Gasteiger partial charge in [-0.05, 0) is 19.3 Å². The third-order valence-corrected chi connectivity index (χ3v) is 5.36. The molecule has 0 aromatic heterocycles. The van der Waals surface area contributed by atoms with Crippen molar-refractivity contribution in [2.75, 3.05) is 19.7 Å². The molecule has 2 aliphatic rings. The second-order valence-corrected chi connectivity index (χ2v) is 6.66. The zero-order valence-corrected chi connectivity index (χ0v) is 14.0. The highest BCUT2D eigenvalue weighted by Gasteiger charge is 2.63. The van der Waals surface area contributed by atoms with E-state index in [0.717, 1.165) is 25.9 Å². The van der Waals surface area contributed by atoms with Crippen molar-refractivity contribution in [2.45, 2.75) is 58.6 Å². The number of likely N-dealkylation sites (tertiary alicyclic amines) is 1. The lowest BCUT2D eigenvalue weighted by atomic mass is 9.54. The highest BCUT2D eigenvalue weighted by molar-refractivity contribution is 5.89. The molecule has 0 bridgehead atoms. The van der Waals surface area contributed by atoms with E-state index in [9.17, 15) is 4.79 Å². The molecule has 1 saturated heterocycles. The lowest BCUT2D eigenvalue weighted by Crippen LogP contribution is -2.75. The van der Waals surface area contributed by atoms with Crippen LogP contribution in [0.3, 0.4) is 0 Å². The molecule has 1 amide bonds. The molecule has 2 rings (SSSR count). The van der Waals surface area contributed by atoms with Crippen LogP contribution in [-0.4, -0.2) is 42.1 Å². The number of hydrogen-bond acceptors (Lipinski definition) is 3. The molecule has 1 heterocycles. The molecule has 1 saturated carbocycles. The van der Waals surface area contributed by atoms with Gasteiger partial charge in [0.15, 0.2) is 0 Å². The topological polar surface area (TPSA) is 55.6 Å². The third-order valence-electron chi connectivity index (χ3n) is 5.36. The van der Waals surface area contributed by atoms with Crippen LogP contribution in [0.4, 0.5) is 0 Å². The van der Waals surface area contributed by atoms with Crippen molar-refractivity contribution in [1.82, 2.24) is 4.90 Å². The van der Waals surface area contributed by atoms with Crippen molar-refractivity contribution in [3.8, 4) is 0 Å². The van der Waals surface area contributed by atoms with Gasteiger partial charge < -0.3 is 15.4 Å². The van der Waals surface area contributed by atoms with Crippen LogP contribution in [0.1, 0.15) is 47.0 Å². The summed E-state index contributed by atoms with van der Waals surface area (Å²) in [4.78, 5) is 14.7. The van der Waals surface area contributed by atoms with Crippen LogP contribution in [0.5, 0.6) is 0 Å². The van der Waals surface area contributed by atoms with Crippen LogP contribution in [-0.2, 0) is 9.53 Å². The number of ether oxygens (including phenoxy) is 1. The first-order valence-corrected chi connectivity index (χ1v) is 7.56. The fourth-order valence-electron chi connectivity index (χ4n) is 3.43. The summed E-state index contributed by atoms with van der Waals surface area (Å²) >= 11 is 0. The number of nitrogens with two attached hydrogens (primary N) is 1. The Bertz CT molecular complexity index is 362. The van der Waals surface area contributed by atoms with Crippen LogP contribution in [0.15, 0.2) is 0 Å². The Morgan fingerprint density at radius 3 is 2.50 bits per heavy atom. The van der Waals surface area contributed by atoms with Crippen molar-refractivity contribution in [3.05, 3.63) is 0 Å². The van der Waals surface area contributed by atoms with Crippen LogP contribution in [0.2, 0.25) is 0 Å². The van der Waals surface area contributed by atoms with E-state index in [0.29, 0.717) is 18.9 Å². The van der Waals surface area contributed by atoms with E-state index in [4.69, 9.17) is 10.5 Å². The van der Waals surface area contributed by atoms with Crippen molar-refractivity contribution in [2.24, 2.45) is 17.1 Å². The zero-order chi connectivity index (χ0) is 14.3. The highest BCUT2D eigenvalue weighted by Crippen LogP contribution is 2.50. The van der Waals surface area contributed by atoms with Crippen LogP contribution in [0.25, 0.3) is 0 Å². The summed E-state index contributed by atoms with van der Waals surface area (Å²) in [6.45, 7) is 10.7. The summed E-state index contributed by atoms with van der Waals surface area (Å²) in [5.74, 6) is 0.780. The maximum absolute atomic E-state index is 12.7. The number of carbonyl (C=O) groups excluding carboxylic acids is 1. The molecule has 0 spiro atoms.